The highest BCUT2D eigenvalue weighted by molar-refractivity contribution is 9.09. The Labute approximate surface area is 119 Å². The van der Waals surface area contributed by atoms with E-state index in [0.717, 1.165) is 46.9 Å². The summed E-state index contributed by atoms with van der Waals surface area (Å²) < 4.78 is 1.75. The van der Waals surface area contributed by atoms with Gasteiger partial charge < -0.3 is 0 Å². The van der Waals surface area contributed by atoms with Gasteiger partial charge in [-0.15, -0.1) is 11.3 Å². The molecule has 2 heterocycles. The quantitative estimate of drug-likeness (QED) is 0.620. The molecule has 2 aromatic rings. The molecule has 18 heavy (non-hydrogen) atoms. The van der Waals surface area contributed by atoms with Crippen molar-refractivity contribution in [3.63, 3.8) is 0 Å². The first-order valence-electron chi connectivity index (χ1n) is 6.16. The van der Waals surface area contributed by atoms with Crippen LogP contribution in [0.2, 0.25) is 0 Å². The summed E-state index contributed by atoms with van der Waals surface area (Å²) in [5.74, 6) is 0. The van der Waals surface area contributed by atoms with E-state index >= 15 is 0 Å². The molecule has 0 amide bonds. The molecule has 0 aliphatic heterocycles. The molecular weight excluding hydrogens is 312 g/mol. The predicted molar refractivity (Wildman–Crippen MR) is 81.0 cm³/mol. The molecule has 0 atom stereocenters. The van der Waals surface area contributed by atoms with Crippen molar-refractivity contribution in [3.05, 3.63) is 27.1 Å². The minimum absolute atomic E-state index is 0.112. The first-order valence-corrected chi connectivity index (χ1v) is 8.10. The van der Waals surface area contributed by atoms with Crippen molar-refractivity contribution in [3.8, 4) is 0 Å². The van der Waals surface area contributed by atoms with Crippen molar-refractivity contribution < 1.29 is 0 Å². The molecule has 3 nitrogen and oxygen atoms in total. The van der Waals surface area contributed by atoms with E-state index in [2.05, 4.69) is 20.9 Å². The SMILES string of the molecule is Cc1sc2ncn(CCCCCBr)c(=O)c2c1C. The Bertz CT molecular complexity index is 603. The fraction of sp³-hybridized carbons (Fsp3) is 0.538. The summed E-state index contributed by atoms with van der Waals surface area (Å²) in [6.07, 6.45) is 5.01. The molecule has 0 radical (unpaired) electrons. The van der Waals surface area contributed by atoms with Gasteiger partial charge in [0, 0.05) is 16.8 Å². The van der Waals surface area contributed by atoms with Gasteiger partial charge in [-0.05, 0) is 32.3 Å². The van der Waals surface area contributed by atoms with Crippen LogP contribution < -0.4 is 5.56 Å². The lowest BCUT2D eigenvalue weighted by atomic mass is 10.2. The van der Waals surface area contributed by atoms with Crippen LogP contribution in [-0.4, -0.2) is 14.9 Å². The van der Waals surface area contributed by atoms with Crippen LogP contribution in [0.1, 0.15) is 29.7 Å². The first kappa shape index (κ1) is 13.7. The number of hydrogen-bond acceptors (Lipinski definition) is 3. The minimum Gasteiger partial charge on any atom is -0.299 e. The van der Waals surface area contributed by atoms with Crippen LogP contribution >= 0.6 is 27.3 Å². The van der Waals surface area contributed by atoms with Crippen LogP contribution in [0.15, 0.2) is 11.1 Å². The third kappa shape index (κ3) is 2.67. The van der Waals surface area contributed by atoms with E-state index in [0.29, 0.717) is 0 Å². The Morgan fingerprint density at radius 2 is 2.11 bits per heavy atom. The number of nitrogens with zero attached hydrogens (tertiary/aromatic N) is 2. The lowest BCUT2D eigenvalue weighted by Crippen LogP contribution is -2.20. The van der Waals surface area contributed by atoms with E-state index in [9.17, 15) is 4.79 Å². The number of unbranched alkanes of at least 4 members (excludes halogenated alkanes) is 2. The molecule has 0 saturated heterocycles. The predicted octanol–water partition coefficient (Wildman–Crippen LogP) is 3.64. The minimum atomic E-state index is 0.112. The Kier molecular flexibility index (Phi) is 4.56. The molecule has 2 rings (SSSR count). The molecule has 98 valence electrons. The van der Waals surface area contributed by atoms with Crippen molar-refractivity contribution in [2.24, 2.45) is 0 Å². The summed E-state index contributed by atoms with van der Waals surface area (Å²) in [5.41, 5.74) is 1.20. The average Bonchev–Trinajstić information content (AvgIpc) is 2.64. The zero-order chi connectivity index (χ0) is 13.1. The van der Waals surface area contributed by atoms with Gasteiger partial charge in [-0.25, -0.2) is 4.98 Å². The molecule has 0 saturated carbocycles. The topological polar surface area (TPSA) is 34.9 Å². The standard InChI is InChI=1S/C13H17BrN2OS/c1-9-10(2)18-12-11(9)13(17)16(8-15-12)7-5-3-4-6-14/h8H,3-7H2,1-2H3. The van der Waals surface area contributed by atoms with Crippen molar-refractivity contribution in [2.75, 3.05) is 5.33 Å². The molecule has 0 aliphatic rings. The van der Waals surface area contributed by atoms with Gasteiger partial charge in [-0.1, -0.05) is 22.4 Å². The van der Waals surface area contributed by atoms with E-state index in [1.807, 2.05) is 13.8 Å². The number of aromatic nitrogens is 2. The molecule has 0 N–H and O–H groups in total. The highest BCUT2D eigenvalue weighted by Crippen LogP contribution is 2.25. The maximum absolute atomic E-state index is 12.3. The van der Waals surface area contributed by atoms with Crippen LogP contribution in [0.5, 0.6) is 0 Å². The van der Waals surface area contributed by atoms with Gasteiger partial charge in [0.15, 0.2) is 0 Å². The van der Waals surface area contributed by atoms with E-state index < -0.39 is 0 Å². The Morgan fingerprint density at radius 1 is 1.33 bits per heavy atom. The fourth-order valence-corrected chi connectivity index (χ4v) is 3.37. The maximum atomic E-state index is 12.3. The van der Waals surface area contributed by atoms with Gasteiger partial charge in [0.05, 0.1) is 11.7 Å². The van der Waals surface area contributed by atoms with E-state index in [-0.39, 0.29) is 5.56 Å². The zero-order valence-corrected chi connectivity index (χ0v) is 13.1. The lowest BCUT2D eigenvalue weighted by molar-refractivity contribution is 0.586. The van der Waals surface area contributed by atoms with Gasteiger partial charge in [-0.3, -0.25) is 9.36 Å². The second-order valence-electron chi connectivity index (χ2n) is 4.46. The summed E-state index contributed by atoms with van der Waals surface area (Å²) in [7, 11) is 0. The molecule has 0 spiro atoms. The Hall–Kier alpha value is -0.680. The molecule has 2 aromatic heterocycles. The van der Waals surface area contributed by atoms with Crippen LogP contribution in [0.3, 0.4) is 0 Å². The Morgan fingerprint density at radius 3 is 2.83 bits per heavy atom. The molecule has 0 fully saturated rings. The number of halogens is 1. The molecule has 0 aliphatic carbocycles. The number of aryl methyl sites for hydroxylation is 3. The molecule has 0 aromatic carbocycles. The van der Waals surface area contributed by atoms with Crippen LogP contribution in [-0.2, 0) is 6.54 Å². The summed E-state index contributed by atoms with van der Waals surface area (Å²) >= 11 is 5.02. The smallest absolute Gasteiger partial charge is 0.262 e. The highest BCUT2D eigenvalue weighted by Gasteiger charge is 2.11. The van der Waals surface area contributed by atoms with E-state index in [1.165, 1.54) is 4.88 Å². The second kappa shape index (κ2) is 5.97. The number of hydrogen-bond donors (Lipinski definition) is 0. The first-order chi connectivity index (χ1) is 8.65. The molecule has 5 heteroatoms. The monoisotopic (exact) mass is 328 g/mol. The van der Waals surface area contributed by atoms with Crippen molar-refractivity contribution in [1.29, 1.82) is 0 Å². The van der Waals surface area contributed by atoms with Crippen molar-refractivity contribution >= 4 is 37.5 Å². The van der Waals surface area contributed by atoms with Crippen LogP contribution in [0.25, 0.3) is 10.2 Å². The third-order valence-electron chi connectivity index (χ3n) is 3.19. The summed E-state index contributed by atoms with van der Waals surface area (Å²) in [6, 6.07) is 0. The summed E-state index contributed by atoms with van der Waals surface area (Å²) in [4.78, 5) is 18.8. The van der Waals surface area contributed by atoms with Crippen molar-refractivity contribution in [1.82, 2.24) is 9.55 Å². The van der Waals surface area contributed by atoms with Gasteiger partial charge in [0.2, 0.25) is 0 Å². The van der Waals surface area contributed by atoms with Gasteiger partial charge in [-0.2, -0.15) is 0 Å². The van der Waals surface area contributed by atoms with Gasteiger partial charge in [0.25, 0.3) is 5.56 Å². The van der Waals surface area contributed by atoms with E-state index in [4.69, 9.17) is 0 Å². The highest BCUT2D eigenvalue weighted by atomic mass is 79.9. The van der Waals surface area contributed by atoms with Gasteiger partial charge in [0.1, 0.15) is 4.83 Å². The third-order valence-corrected chi connectivity index (χ3v) is 4.86. The molecular formula is C13H17BrN2OS. The number of alkyl halides is 1. The second-order valence-corrected chi connectivity index (χ2v) is 6.45. The summed E-state index contributed by atoms with van der Waals surface area (Å²) in [5, 5.41) is 1.84. The van der Waals surface area contributed by atoms with Gasteiger partial charge >= 0.3 is 0 Å². The average molecular weight is 329 g/mol. The van der Waals surface area contributed by atoms with Crippen LogP contribution in [0.4, 0.5) is 0 Å². The normalized spacial score (nSPS) is 11.3. The summed E-state index contributed by atoms with van der Waals surface area (Å²) in [6.45, 7) is 4.82. The molecule has 0 unspecified atom stereocenters. The largest absolute Gasteiger partial charge is 0.299 e. The number of thiophene rings is 1. The lowest BCUT2D eigenvalue weighted by Gasteiger charge is -2.04. The number of rotatable bonds is 5. The zero-order valence-electron chi connectivity index (χ0n) is 10.7. The Balaban J connectivity index is 2.27. The molecule has 0 bridgehead atoms. The number of fused-ring (bicyclic) bond motifs is 1. The maximum Gasteiger partial charge on any atom is 0.262 e. The van der Waals surface area contributed by atoms with Crippen LogP contribution in [0, 0.1) is 13.8 Å². The van der Waals surface area contributed by atoms with E-state index in [1.54, 1.807) is 22.2 Å². The van der Waals surface area contributed by atoms with Crippen molar-refractivity contribution in [2.45, 2.75) is 39.7 Å². The fourth-order valence-electron chi connectivity index (χ4n) is 1.98.